The lowest BCUT2D eigenvalue weighted by atomic mass is 10.1. The molecule has 0 radical (unpaired) electrons. The molecule has 0 amide bonds. The Bertz CT molecular complexity index is 866. The fourth-order valence-electron chi connectivity index (χ4n) is 2.38. The summed E-state index contributed by atoms with van der Waals surface area (Å²) in [5.41, 5.74) is -0.917. The summed E-state index contributed by atoms with van der Waals surface area (Å²) in [5, 5.41) is 3.72. The van der Waals surface area contributed by atoms with Gasteiger partial charge in [-0.15, -0.1) is 0 Å². The van der Waals surface area contributed by atoms with Crippen LogP contribution in [0.1, 0.15) is 23.0 Å². The van der Waals surface area contributed by atoms with E-state index in [1.807, 2.05) is 0 Å². The molecule has 0 aliphatic rings. The number of ether oxygens (including phenoxy) is 1. The van der Waals surface area contributed by atoms with E-state index < -0.39 is 23.4 Å². The number of carbonyl (C=O) groups excluding carboxylic acids is 1. The third kappa shape index (κ3) is 3.28. The van der Waals surface area contributed by atoms with Crippen molar-refractivity contribution in [1.82, 2.24) is 9.78 Å². The molecule has 3 aromatic rings. The Morgan fingerprint density at radius 1 is 1.24 bits per heavy atom. The van der Waals surface area contributed by atoms with Gasteiger partial charge in [0.1, 0.15) is 11.3 Å². The summed E-state index contributed by atoms with van der Waals surface area (Å²) < 4.78 is 50.9. The number of halogens is 3. The first-order valence-electron chi connectivity index (χ1n) is 7.38. The van der Waals surface area contributed by atoms with Crippen molar-refractivity contribution in [2.24, 2.45) is 0 Å². The van der Waals surface area contributed by atoms with Gasteiger partial charge in [-0.3, -0.25) is 0 Å². The van der Waals surface area contributed by atoms with Crippen LogP contribution < -0.4 is 0 Å². The zero-order valence-electron chi connectivity index (χ0n) is 13.1. The van der Waals surface area contributed by atoms with Gasteiger partial charge in [0.05, 0.1) is 24.8 Å². The Balaban J connectivity index is 2.03. The predicted molar refractivity (Wildman–Crippen MR) is 82.2 cm³/mol. The molecule has 0 saturated carbocycles. The maximum atomic E-state index is 13.4. The highest BCUT2D eigenvalue weighted by atomic mass is 19.4. The topological polar surface area (TPSA) is 57.3 Å². The minimum absolute atomic E-state index is 0.0286. The van der Waals surface area contributed by atoms with Crippen molar-refractivity contribution in [1.29, 1.82) is 0 Å². The van der Waals surface area contributed by atoms with Crippen LogP contribution in [-0.4, -0.2) is 22.4 Å². The van der Waals surface area contributed by atoms with Crippen molar-refractivity contribution in [2.45, 2.75) is 13.1 Å². The number of hydrogen-bond donors (Lipinski definition) is 0. The second-order valence-corrected chi connectivity index (χ2v) is 5.06. The Hall–Kier alpha value is -3.03. The molecule has 130 valence electrons. The Morgan fingerprint density at radius 2 is 1.96 bits per heavy atom. The second kappa shape index (κ2) is 6.46. The van der Waals surface area contributed by atoms with E-state index in [4.69, 9.17) is 4.42 Å². The van der Waals surface area contributed by atoms with E-state index in [1.165, 1.54) is 25.3 Å². The van der Waals surface area contributed by atoms with Crippen LogP contribution in [0.2, 0.25) is 0 Å². The van der Waals surface area contributed by atoms with Gasteiger partial charge in [-0.05, 0) is 43.3 Å². The van der Waals surface area contributed by atoms with Gasteiger partial charge in [-0.1, -0.05) is 0 Å². The van der Waals surface area contributed by atoms with Crippen LogP contribution in [0.5, 0.6) is 0 Å². The zero-order chi connectivity index (χ0) is 18.0. The van der Waals surface area contributed by atoms with Crippen molar-refractivity contribution < 1.29 is 27.1 Å². The van der Waals surface area contributed by atoms with Crippen LogP contribution in [0.25, 0.3) is 17.0 Å². The normalized spacial score (nSPS) is 11.5. The van der Waals surface area contributed by atoms with Gasteiger partial charge in [0.2, 0.25) is 0 Å². The quantitative estimate of drug-likeness (QED) is 0.657. The summed E-state index contributed by atoms with van der Waals surface area (Å²) in [7, 11) is 0. The van der Waals surface area contributed by atoms with E-state index in [9.17, 15) is 18.0 Å². The predicted octanol–water partition coefficient (Wildman–Crippen LogP) is 4.33. The monoisotopic (exact) mass is 350 g/mol. The summed E-state index contributed by atoms with van der Waals surface area (Å²) in [6.45, 7) is 1.49. The minimum Gasteiger partial charge on any atom is -0.464 e. The molecule has 0 aliphatic carbocycles. The fraction of sp³-hybridized carbons (Fsp3) is 0.176. The second-order valence-electron chi connectivity index (χ2n) is 5.06. The maximum absolute atomic E-state index is 13.4. The summed E-state index contributed by atoms with van der Waals surface area (Å²) in [6.07, 6.45) is -2.40. The summed E-state index contributed by atoms with van der Waals surface area (Å²) >= 11 is 0. The van der Waals surface area contributed by atoms with E-state index in [0.717, 1.165) is 6.20 Å². The SMILES string of the molecule is CCOC(=O)c1cnn(-c2ccc(-c3ccco3)cc2)c1C(F)(F)F. The van der Waals surface area contributed by atoms with Crippen LogP contribution in [0.3, 0.4) is 0 Å². The molecule has 0 unspecified atom stereocenters. The maximum Gasteiger partial charge on any atom is 0.434 e. The first-order chi connectivity index (χ1) is 11.9. The smallest absolute Gasteiger partial charge is 0.434 e. The molecule has 0 fully saturated rings. The van der Waals surface area contributed by atoms with Crippen molar-refractivity contribution >= 4 is 5.97 Å². The lowest BCUT2D eigenvalue weighted by Crippen LogP contribution is -2.18. The molecule has 0 bridgehead atoms. The number of furan rings is 1. The molecule has 2 aromatic heterocycles. The molecule has 5 nitrogen and oxygen atoms in total. The number of benzene rings is 1. The highest BCUT2D eigenvalue weighted by Gasteiger charge is 2.41. The molecule has 0 N–H and O–H groups in total. The fourth-order valence-corrected chi connectivity index (χ4v) is 2.38. The number of rotatable bonds is 4. The molecule has 0 atom stereocenters. The molecule has 1 aromatic carbocycles. The van der Waals surface area contributed by atoms with E-state index in [-0.39, 0.29) is 12.3 Å². The minimum atomic E-state index is -4.77. The molecular weight excluding hydrogens is 337 g/mol. The molecule has 8 heteroatoms. The summed E-state index contributed by atoms with van der Waals surface area (Å²) in [6, 6.07) is 9.61. The molecule has 25 heavy (non-hydrogen) atoms. The van der Waals surface area contributed by atoms with Gasteiger partial charge in [0, 0.05) is 5.56 Å². The molecule has 0 spiro atoms. The van der Waals surface area contributed by atoms with E-state index in [2.05, 4.69) is 9.84 Å². The van der Waals surface area contributed by atoms with Gasteiger partial charge in [-0.2, -0.15) is 18.3 Å². The number of aromatic nitrogens is 2. The van der Waals surface area contributed by atoms with Crippen molar-refractivity contribution in [3.8, 4) is 17.0 Å². The standard InChI is InChI=1S/C17H13F3N2O3/c1-2-24-16(23)13-10-21-22(15(13)17(18,19)20)12-7-5-11(6-8-12)14-4-3-9-25-14/h3-10H,2H2,1H3. The largest absolute Gasteiger partial charge is 0.464 e. The van der Waals surface area contributed by atoms with Crippen LogP contribution in [0.15, 0.2) is 53.3 Å². The van der Waals surface area contributed by atoms with Gasteiger partial charge in [0.25, 0.3) is 0 Å². The molecule has 2 heterocycles. The van der Waals surface area contributed by atoms with Gasteiger partial charge in [0.15, 0.2) is 5.69 Å². The number of hydrogen-bond acceptors (Lipinski definition) is 4. The molecular formula is C17H13F3N2O3. The number of esters is 1. The van der Waals surface area contributed by atoms with Crippen molar-refractivity contribution in [2.75, 3.05) is 6.61 Å². The lowest BCUT2D eigenvalue weighted by molar-refractivity contribution is -0.143. The van der Waals surface area contributed by atoms with Crippen LogP contribution in [0, 0.1) is 0 Å². The number of carbonyl (C=O) groups is 1. The average Bonchev–Trinajstić information content (AvgIpc) is 3.24. The highest BCUT2D eigenvalue weighted by molar-refractivity contribution is 5.90. The van der Waals surface area contributed by atoms with Crippen LogP contribution in [-0.2, 0) is 10.9 Å². The zero-order valence-corrected chi connectivity index (χ0v) is 13.1. The van der Waals surface area contributed by atoms with Crippen molar-refractivity contribution in [3.63, 3.8) is 0 Å². The Morgan fingerprint density at radius 3 is 2.52 bits per heavy atom. The molecule has 0 saturated heterocycles. The molecule has 0 aliphatic heterocycles. The summed E-state index contributed by atoms with van der Waals surface area (Å²) in [5.74, 6) is -0.469. The number of alkyl halides is 3. The van der Waals surface area contributed by atoms with Crippen LogP contribution >= 0.6 is 0 Å². The number of nitrogens with zero attached hydrogens (tertiary/aromatic N) is 2. The Labute approximate surface area is 140 Å². The van der Waals surface area contributed by atoms with Gasteiger partial charge < -0.3 is 9.15 Å². The highest BCUT2D eigenvalue weighted by Crippen LogP contribution is 2.34. The first-order valence-corrected chi connectivity index (χ1v) is 7.38. The van der Waals surface area contributed by atoms with E-state index in [1.54, 1.807) is 24.3 Å². The first kappa shape index (κ1) is 16.8. The average molecular weight is 350 g/mol. The van der Waals surface area contributed by atoms with E-state index >= 15 is 0 Å². The Kier molecular flexibility index (Phi) is 4.35. The summed E-state index contributed by atoms with van der Waals surface area (Å²) in [4.78, 5) is 11.8. The van der Waals surface area contributed by atoms with E-state index in [0.29, 0.717) is 16.0 Å². The lowest BCUT2D eigenvalue weighted by Gasteiger charge is -2.12. The third-order valence-corrected chi connectivity index (χ3v) is 3.45. The molecule has 3 rings (SSSR count). The van der Waals surface area contributed by atoms with Crippen molar-refractivity contribution in [3.05, 3.63) is 60.1 Å². The van der Waals surface area contributed by atoms with Crippen LogP contribution in [0.4, 0.5) is 13.2 Å². The third-order valence-electron chi connectivity index (χ3n) is 3.45. The van der Waals surface area contributed by atoms with Gasteiger partial charge >= 0.3 is 12.1 Å². The van der Waals surface area contributed by atoms with Gasteiger partial charge in [-0.25, -0.2) is 9.48 Å².